The van der Waals surface area contributed by atoms with Crippen molar-refractivity contribution in [1.29, 1.82) is 0 Å². The van der Waals surface area contributed by atoms with Crippen molar-refractivity contribution in [2.24, 2.45) is 0 Å². The van der Waals surface area contributed by atoms with Crippen molar-refractivity contribution >= 4 is 28.8 Å². The first-order valence-electron chi connectivity index (χ1n) is 9.20. The molecule has 6 heteroatoms. The van der Waals surface area contributed by atoms with Crippen molar-refractivity contribution in [1.82, 2.24) is 0 Å². The van der Waals surface area contributed by atoms with Crippen LogP contribution in [0, 0.1) is 0 Å². The van der Waals surface area contributed by atoms with Crippen LogP contribution in [0.5, 0.6) is 0 Å². The number of ketones is 1. The summed E-state index contributed by atoms with van der Waals surface area (Å²) in [5, 5.41) is 6.22. The maximum absolute atomic E-state index is 12.2. The van der Waals surface area contributed by atoms with Gasteiger partial charge in [-0.15, -0.1) is 0 Å². The molecule has 1 aliphatic rings. The van der Waals surface area contributed by atoms with E-state index in [-0.39, 0.29) is 11.7 Å². The molecule has 0 aromatic heterocycles. The van der Waals surface area contributed by atoms with Crippen LogP contribution < -0.4 is 15.5 Å². The highest BCUT2D eigenvalue weighted by molar-refractivity contribution is 5.95. The van der Waals surface area contributed by atoms with E-state index in [0.717, 1.165) is 37.7 Å². The number of para-hydroxylation sites is 2. The zero-order chi connectivity index (χ0) is 19.1. The van der Waals surface area contributed by atoms with Gasteiger partial charge in [-0.2, -0.15) is 0 Å². The molecule has 0 saturated carbocycles. The smallest absolute Gasteiger partial charge is 0.226 e. The fourth-order valence-corrected chi connectivity index (χ4v) is 3.03. The van der Waals surface area contributed by atoms with Crippen LogP contribution in [0.1, 0.15) is 23.7 Å². The minimum Gasteiger partial charge on any atom is -0.383 e. The molecular weight excluding hydrogens is 342 g/mol. The topological polar surface area (TPSA) is 70.7 Å². The van der Waals surface area contributed by atoms with Crippen LogP contribution in [0.4, 0.5) is 17.1 Å². The van der Waals surface area contributed by atoms with Crippen molar-refractivity contribution < 1.29 is 14.3 Å². The molecule has 0 bridgehead atoms. The van der Waals surface area contributed by atoms with Gasteiger partial charge < -0.3 is 20.3 Å². The molecule has 1 amide bonds. The number of benzene rings is 2. The third-order valence-electron chi connectivity index (χ3n) is 4.50. The summed E-state index contributed by atoms with van der Waals surface area (Å²) < 4.78 is 5.42. The number of Topliss-reactive ketones (excluding diaryl/α,β-unsaturated/α-hetero) is 1. The Morgan fingerprint density at radius 2 is 1.74 bits per heavy atom. The summed E-state index contributed by atoms with van der Waals surface area (Å²) in [7, 11) is 0. The van der Waals surface area contributed by atoms with Crippen LogP contribution in [0.3, 0.4) is 0 Å². The summed E-state index contributed by atoms with van der Waals surface area (Å²) >= 11 is 0. The Labute approximate surface area is 159 Å². The number of ether oxygens (including phenoxy) is 1. The van der Waals surface area contributed by atoms with E-state index in [1.54, 1.807) is 24.3 Å². The molecule has 1 fully saturated rings. The van der Waals surface area contributed by atoms with Gasteiger partial charge in [0.15, 0.2) is 5.78 Å². The number of morpholine rings is 1. The lowest BCUT2D eigenvalue weighted by atomic mass is 10.1. The van der Waals surface area contributed by atoms with E-state index in [0.29, 0.717) is 24.2 Å². The first-order valence-corrected chi connectivity index (χ1v) is 9.20. The lowest BCUT2D eigenvalue weighted by Crippen LogP contribution is -2.36. The summed E-state index contributed by atoms with van der Waals surface area (Å²) in [5.41, 5.74) is 3.49. The van der Waals surface area contributed by atoms with E-state index in [1.165, 1.54) is 6.92 Å². The summed E-state index contributed by atoms with van der Waals surface area (Å²) in [6.45, 7) is 5.27. The molecule has 3 rings (SSSR count). The van der Waals surface area contributed by atoms with Gasteiger partial charge >= 0.3 is 0 Å². The van der Waals surface area contributed by atoms with Crippen molar-refractivity contribution in [3.8, 4) is 0 Å². The van der Waals surface area contributed by atoms with E-state index < -0.39 is 0 Å². The quantitative estimate of drug-likeness (QED) is 0.736. The second-order valence-electron chi connectivity index (χ2n) is 6.48. The fraction of sp³-hybridized carbons (Fsp3) is 0.333. The van der Waals surface area contributed by atoms with Gasteiger partial charge in [-0.1, -0.05) is 12.1 Å². The first-order chi connectivity index (χ1) is 13.1. The minimum atomic E-state index is -0.0677. The highest BCUT2D eigenvalue weighted by Gasteiger charge is 2.14. The number of carbonyl (C=O) groups excluding carboxylic acids is 2. The lowest BCUT2D eigenvalue weighted by molar-refractivity contribution is -0.115. The molecule has 1 saturated heterocycles. The van der Waals surface area contributed by atoms with Crippen molar-refractivity contribution in [2.45, 2.75) is 13.3 Å². The molecule has 2 aromatic carbocycles. The Kier molecular flexibility index (Phi) is 6.44. The van der Waals surface area contributed by atoms with Gasteiger partial charge in [0.05, 0.1) is 24.6 Å². The lowest BCUT2D eigenvalue weighted by Gasteiger charge is -2.30. The second kappa shape index (κ2) is 9.19. The molecule has 27 heavy (non-hydrogen) atoms. The molecule has 0 spiro atoms. The maximum Gasteiger partial charge on any atom is 0.226 e. The van der Waals surface area contributed by atoms with E-state index in [2.05, 4.69) is 21.6 Å². The Morgan fingerprint density at radius 3 is 2.44 bits per heavy atom. The number of nitrogens with zero attached hydrogens (tertiary/aromatic N) is 1. The normalized spacial score (nSPS) is 13.9. The van der Waals surface area contributed by atoms with Crippen LogP contribution in [0.25, 0.3) is 0 Å². The molecule has 1 heterocycles. The maximum atomic E-state index is 12.2. The highest BCUT2D eigenvalue weighted by atomic mass is 16.5. The summed E-state index contributed by atoms with van der Waals surface area (Å²) in [4.78, 5) is 25.7. The van der Waals surface area contributed by atoms with Gasteiger partial charge in [-0.25, -0.2) is 0 Å². The van der Waals surface area contributed by atoms with Crippen LogP contribution >= 0.6 is 0 Å². The van der Waals surface area contributed by atoms with E-state index in [9.17, 15) is 9.59 Å². The van der Waals surface area contributed by atoms with E-state index >= 15 is 0 Å². The zero-order valence-electron chi connectivity index (χ0n) is 15.5. The highest BCUT2D eigenvalue weighted by Crippen LogP contribution is 2.26. The number of anilines is 3. The van der Waals surface area contributed by atoms with Gasteiger partial charge in [0.25, 0.3) is 0 Å². The Balaban J connectivity index is 1.50. The second-order valence-corrected chi connectivity index (χ2v) is 6.48. The van der Waals surface area contributed by atoms with Crippen LogP contribution in [-0.2, 0) is 9.53 Å². The molecule has 1 aliphatic heterocycles. The average Bonchev–Trinajstić information content (AvgIpc) is 2.69. The van der Waals surface area contributed by atoms with E-state index in [4.69, 9.17) is 4.74 Å². The summed E-state index contributed by atoms with van der Waals surface area (Å²) in [6, 6.07) is 15.1. The first kappa shape index (κ1) is 18.9. The predicted octanol–water partition coefficient (Wildman–Crippen LogP) is 3.17. The Morgan fingerprint density at radius 1 is 1.04 bits per heavy atom. The van der Waals surface area contributed by atoms with Crippen LogP contribution in [-0.4, -0.2) is 44.5 Å². The minimum absolute atomic E-state index is 0.0102. The molecule has 0 radical (unpaired) electrons. The van der Waals surface area contributed by atoms with Gasteiger partial charge in [-0.3, -0.25) is 9.59 Å². The molecule has 0 unspecified atom stereocenters. The molecule has 142 valence electrons. The van der Waals surface area contributed by atoms with E-state index in [1.807, 2.05) is 18.2 Å². The zero-order valence-corrected chi connectivity index (χ0v) is 15.5. The van der Waals surface area contributed by atoms with Gasteiger partial charge in [0, 0.05) is 37.3 Å². The number of rotatable bonds is 7. The molecule has 2 aromatic rings. The van der Waals surface area contributed by atoms with Crippen LogP contribution in [0.2, 0.25) is 0 Å². The number of nitrogens with one attached hydrogen (secondary N) is 2. The average molecular weight is 367 g/mol. The third-order valence-corrected chi connectivity index (χ3v) is 4.50. The Hall–Kier alpha value is -2.86. The molecule has 2 N–H and O–H groups in total. The number of amides is 1. The van der Waals surface area contributed by atoms with Gasteiger partial charge in [0.2, 0.25) is 5.91 Å². The Bertz CT molecular complexity index is 784. The summed E-state index contributed by atoms with van der Waals surface area (Å²) in [6.07, 6.45) is 0.353. The van der Waals surface area contributed by atoms with Crippen LogP contribution in [0.15, 0.2) is 48.5 Å². The van der Waals surface area contributed by atoms with Crippen molar-refractivity contribution in [3.05, 3.63) is 54.1 Å². The van der Waals surface area contributed by atoms with Crippen molar-refractivity contribution in [3.63, 3.8) is 0 Å². The summed E-state index contributed by atoms with van der Waals surface area (Å²) in [5.74, 6) is -0.0575. The predicted molar refractivity (Wildman–Crippen MR) is 108 cm³/mol. The molecule has 0 aliphatic carbocycles. The largest absolute Gasteiger partial charge is 0.383 e. The van der Waals surface area contributed by atoms with Gasteiger partial charge in [-0.05, 0) is 43.3 Å². The fourth-order valence-electron chi connectivity index (χ4n) is 3.03. The van der Waals surface area contributed by atoms with Crippen molar-refractivity contribution in [2.75, 3.05) is 48.4 Å². The molecular formula is C21H25N3O3. The SMILES string of the molecule is CC(=O)c1ccc(NC(=O)CCNc2ccccc2N2CCOCC2)cc1. The third kappa shape index (κ3) is 5.31. The molecule has 6 nitrogen and oxygen atoms in total. The van der Waals surface area contributed by atoms with Gasteiger partial charge in [0.1, 0.15) is 0 Å². The monoisotopic (exact) mass is 367 g/mol. The molecule has 0 atom stereocenters. The number of hydrogen-bond donors (Lipinski definition) is 2. The number of hydrogen-bond acceptors (Lipinski definition) is 5. The number of carbonyl (C=O) groups is 2. The standard InChI is InChI=1S/C21H25N3O3/c1-16(25)17-6-8-18(9-7-17)23-21(26)10-11-22-19-4-2-3-5-20(19)24-12-14-27-15-13-24/h2-9,22H,10-15H2,1H3,(H,23,26).